The SMILES string of the molecule is C#CCNC(=O)CC[C@H]1CNC(=O)[C@H]2C[C@H](NCc3ccc(CO)o3)CN12. The number of nitrogens with zero attached hydrogens (tertiary/aromatic N) is 1. The lowest BCUT2D eigenvalue weighted by molar-refractivity contribution is -0.129. The van der Waals surface area contributed by atoms with Crippen molar-refractivity contribution in [2.24, 2.45) is 0 Å². The zero-order valence-corrected chi connectivity index (χ0v) is 15.2. The van der Waals surface area contributed by atoms with E-state index in [0.29, 0.717) is 31.7 Å². The van der Waals surface area contributed by atoms with Crippen LogP contribution >= 0.6 is 0 Å². The molecule has 2 aliphatic rings. The first-order chi connectivity index (χ1) is 13.1. The van der Waals surface area contributed by atoms with Gasteiger partial charge in [0.15, 0.2) is 0 Å². The van der Waals surface area contributed by atoms with Gasteiger partial charge in [-0.3, -0.25) is 14.5 Å². The Morgan fingerprint density at radius 2 is 2.26 bits per heavy atom. The first kappa shape index (κ1) is 19.4. The van der Waals surface area contributed by atoms with Gasteiger partial charge in [0.05, 0.1) is 19.1 Å². The molecule has 2 saturated heterocycles. The van der Waals surface area contributed by atoms with Gasteiger partial charge < -0.3 is 25.5 Å². The van der Waals surface area contributed by atoms with Gasteiger partial charge in [0.1, 0.15) is 18.1 Å². The van der Waals surface area contributed by atoms with E-state index in [2.05, 4.69) is 26.8 Å². The smallest absolute Gasteiger partial charge is 0.237 e. The second-order valence-electron chi connectivity index (χ2n) is 6.97. The van der Waals surface area contributed by atoms with Crippen LogP contribution in [0.25, 0.3) is 0 Å². The standard InChI is InChI=1S/C19H26N4O4/c1-2-7-20-18(25)6-3-14-9-22-19(26)17-8-13(11-23(14)17)21-10-15-4-5-16(12-24)27-15/h1,4-5,13-14,17,21,24H,3,6-12H2,(H,20,25)(H,22,26)/t13-,14-,17+/m0/s1. The van der Waals surface area contributed by atoms with Crippen LogP contribution in [0.15, 0.2) is 16.5 Å². The van der Waals surface area contributed by atoms with Gasteiger partial charge in [0.25, 0.3) is 0 Å². The molecule has 2 aliphatic heterocycles. The minimum absolute atomic E-state index is 0.0490. The predicted molar refractivity (Wildman–Crippen MR) is 98.2 cm³/mol. The minimum atomic E-state index is -0.167. The Morgan fingerprint density at radius 3 is 3.00 bits per heavy atom. The van der Waals surface area contributed by atoms with Gasteiger partial charge in [-0.2, -0.15) is 0 Å². The highest BCUT2D eigenvalue weighted by molar-refractivity contribution is 5.83. The summed E-state index contributed by atoms with van der Waals surface area (Å²) in [4.78, 5) is 26.2. The zero-order chi connectivity index (χ0) is 19.2. The lowest BCUT2D eigenvalue weighted by atomic mass is 10.0. The molecular formula is C19H26N4O4. The number of piperazine rings is 1. The number of amides is 2. The van der Waals surface area contributed by atoms with E-state index in [4.69, 9.17) is 15.9 Å². The van der Waals surface area contributed by atoms with Crippen molar-refractivity contribution in [1.82, 2.24) is 20.9 Å². The molecule has 0 bridgehead atoms. The summed E-state index contributed by atoms with van der Waals surface area (Å²) in [6.45, 7) is 1.98. The summed E-state index contributed by atoms with van der Waals surface area (Å²) < 4.78 is 5.49. The Bertz CT molecular complexity index is 711. The highest BCUT2D eigenvalue weighted by Gasteiger charge is 2.43. The lowest BCUT2D eigenvalue weighted by Gasteiger charge is -2.37. The third kappa shape index (κ3) is 4.89. The Kier molecular flexibility index (Phi) is 6.50. The van der Waals surface area contributed by atoms with E-state index in [9.17, 15) is 9.59 Å². The monoisotopic (exact) mass is 374 g/mol. The van der Waals surface area contributed by atoms with E-state index in [1.54, 1.807) is 6.07 Å². The van der Waals surface area contributed by atoms with Crippen LogP contribution in [-0.4, -0.2) is 59.6 Å². The van der Waals surface area contributed by atoms with Gasteiger partial charge in [-0.1, -0.05) is 5.92 Å². The third-order valence-corrected chi connectivity index (χ3v) is 5.15. The Hall–Kier alpha value is -2.34. The number of carbonyl (C=O) groups is 2. The fourth-order valence-electron chi connectivity index (χ4n) is 3.77. The molecule has 8 heteroatoms. The molecule has 146 valence electrons. The van der Waals surface area contributed by atoms with Crippen LogP contribution < -0.4 is 16.0 Å². The maximum Gasteiger partial charge on any atom is 0.237 e. The molecule has 8 nitrogen and oxygen atoms in total. The number of rotatable bonds is 8. The van der Waals surface area contributed by atoms with Crippen LogP contribution in [0.5, 0.6) is 0 Å². The van der Waals surface area contributed by atoms with Gasteiger partial charge in [-0.25, -0.2) is 0 Å². The van der Waals surface area contributed by atoms with E-state index in [1.165, 1.54) is 0 Å². The summed E-state index contributed by atoms with van der Waals surface area (Å²) in [5.74, 6) is 3.67. The summed E-state index contributed by atoms with van der Waals surface area (Å²) in [5.41, 5.74) is 0. The fraction of sp³-hybridized carbons (Fsp3) is 0.579. The Labute approximate surface area is 158 Å². The highest BCUT2D eigenvalue weighted by atomic mass is 16.4. The first-order valence-corrected chi connectivity index (χ1v) is 9.26. The van der Waals surface area contributed by atoms with Crippen molar-refractivity contribution in [3.05, 3.63) is 23.7 Å². The Balaban J connectivity index is 1.51. The molecule has 0 aromatic carbocycles. The summed E-state index contributed by atoms with van der Waals surface area (Å²) in [6, 6.07) is 3.73. The van der Waals surface area contributed by atoms with E-state index in [0.717, 1.165) is 18.7 Å². The van der Waals surface area contributed by atoms with Gasteiger partial charge >= 0.3 is 0 Å². The largest absolute Gasteiger partial charge is 0.462 e. The summed E-state index contributed by atoms with van der Waals surface area (Å²) >= 11 is 0. The topological polar surface area (TPSA) is 107 Å². The molecular weight excluding hydrogens is 348 g/mol. The second kappa shape index (κ2) is 9.04. The quantitative estimate of drug-likeness (QED) is 0.450. The van der Waals surface area contributed by atoms with E-state index in [1.807, 2.05) is 6.07 Å². The van der Waals surface area contributed by atoms with E-state index < -0.39 is 0 Å². The average Bonchev–Trinajstić information content (AvgIpc) is 3.31. The van der Waals surface area contributed by atoms with Crippen LogP contribution in [-0.2, 0) is 22.7 Å². The minimum Gasteiger partial charge on any atom is -0.462 e. The van der Waals surface area contributed by atoms with Crippen molar-refractivity contribution in [2.75, 3.05) is 19.6 Å². The molecule has 2 amide bonds. The summed E-state index contributed by atoms with van der Waals surface area (Å²) in [7, 11) is 0. The molecule has 0 saturated carbocycles. The molecule has 27 heavy (non-hydrogen) atoms. The average molecular weight is 374 g/mol. The number of hydrogen-bond donors (Lipinski definition) is 4. The lowest BCUT2D eigenvalue weighted by Crippen LogP contribution is -2.58. The molecule has 1 aromatic rings. The van der Waals surface area contributed by atoms with Crippen molar-refractivity contribution in [2.45, 2.75) is 50.5 Å². The zero-order valence-electron chi connectivity index (χ0n) is 15.2. The Morgan fingerprint density at radius 1 is 1.44 bits per heavy atom. The van der Waals surface area contributed by atoms with Crippen LogP contribution in [0.2, 0.25) is 0 Å². The van der Waals surface area contributed by atoms with Crippen LogP contribution in [0.3, 0.4) is 0 Å². The molecule has 0 aliphatic carbocycles. The van der Waals surface area contributed by atoms with Gasteiger partial charge in [-0.05, 0) is 25.0 Å². The molecule has 0 spiro atoms. The summed E-state index contributed by atoms with van der Waals surface area (Å²) in [5, 5.41) is 18.1. The van der Waals surface area contributed by atoms with Crippen molar-refractivity contribution in [3.63, 3.8) is 0 Å². The number of aliphatic hydroxyl groups is 1. The number of furan rings is 1. The fourth-order valence-corrected chi connectivity index (χ4v) is 3.77. The van der Waals surface area contributed by atoms with Crippen molar-refractivity contribution in [1.29, 1.82) is 0 Å². The number of hydrogen-bond acceptors (Lipinski definition) is 6. The molecule has 4 N–H and O–H groups in total. The number of carbonyl (C=O) groups excluding carboxylic acids is 2. The maximum absolute atomic E-state index is 12.2. The number of nitrogens with one attached hydrogen (secondary N) is 3. The molecule has 3 atom stereocenters. The van der Waals surface area contributed by atoms with Crippen molar-refractivity contribution in [3.8, 4) is 12.3 Å². The second-order valence-corrected chi connectivity index (χ2v) is 6.97. The predicted octanol–water partition coefficient (Wildman–Crippen LogP) is -0.668. The molecule has 1 aromatic heterocycles. The normalized spacial score (nSPS) is 24.9. The van der Waals surface area contributed by atoms with E-state index >= 15 is 0 Å². The van der Waals surface area contributed by atoms with Gasteiger partial charge in [-0.15, -0.1) is 6.42 Å². The third-order valence-electron chi connectivity index (χ3n) is 5.15. The molecule has 0 radical (unpaired) electrons. The van der Waals surface area contributed by atoms with Crippen LogP contribution in [0.1, 0.15) is 30.8 Å². The molecule has 0 unspecified atom stereocenters. The van der Waals surface area contributed by atoms with Crippen LogP contribution in [0.4, 0.5) is 0 Å². The molecule has 3 heterocycles. The summed E-state index contributed by atoms with van der Waals surface area (Å²) in [6.07, 6.45) is 6.94. The molecule has 3 rings (SSSR count). The first-order valence-electron chi connectivity index (χ1n) is 9.26. The molecule has 2 fully saturated rings. The van der Waals surface area contributed by atoms with Crippen LogP contribution in [0, 0.1) is 12.3 Å². The maximum atomic E-state index is 12.2. The number of terminal acetylenes is 1. The van der Waals surface area contributed by atoms with Gasteiger partial charge in [0, 0.05) is 31.6 Å². The highest BCUT2D eigenvalue weighted by Crippen LogP contribution is 2.26. The van der Waals surface area contributed by atoms with Gasteiger partial charge in [0.2, 0.25) is 11.8 Å². The number of aliphatic hydroxyl groups excluding tert-OH is 1. The van der Waals surface area contributed by atoms with Crippen molar-refractivity contribution >= 4 is 11.8 Å². The number of fused-ring (bicyclic) bond motifs is 1. The van der Waals surface area contributed by atoms with E-state index in [-0.39, 0.29) is 43.1 Å². The van der Waals surface area contributed by atoms with Crippen molar-refractivity contribution < 1.29 is 19.1 Å².